The molecule has 3 aromatic rings. The topological polar surface area (TPSA) is 83.9 Å². The van der Waals surface area contributed by atoms with Crippen LogP contribution >= 0.6 is 0 Å². The summed E-state index contributed by atoms with van der Waals surface area (Å²) >= 11 is 0. The van der Waals surface area contributed by atoms with Crippen molar-refractivity contribution >= 4 is 5.91 Å². The van der Waals surface area contributed by atoms with Crippen LogP contribution in [0.15, 0.2) is 85.7 Å². The molecule has 1 aliphatic rings. The van der Waals surface area contributed by atoms with Crippen molar-refractivity contribution in [1.82, 2.24) is 15.2 Å². The SMILES string of the molecule is C=CCN(C)C[C@H]1O[C@@H](c2ccc(CNC(=O)c3cccnc3)cc2)O[C@@H](c2ccc(CO)cc2)[C@H]1C. The number of nitrogens with one attached hydrogen (secondary N) is 1. The van der Waals surface area contributed by atoms with Crippen molar-refractivity contribution in [3.63, 3.8) is 0 Å². The number of rotatable bonds is 10. The lowest BCUT2D eigenvalue weighted by Crippen LogP contribution is -2.43. The Morgan fingerprint density at radius 2 is 1.78 bits per heavy atom. The number of benzene rings is 2. The predicted molar refractivity (Wildman–Crippen MR) is 143 cm³/mol. The Morgan fingerprint density at radius 3 is 2.43 bits per heavy atom. The zero-order valence-electron chi connectivity index (χ0n) is 21.4. The second-order valence-electron chi connectivity index (χ2n) is 9.50. The van der Waals surface area contributed by atoms with Gasteiger partial charge in [-0.1, -0.05) is 61.5 Å². The van der Waals surface area contributed by atoms with Crippen molar-refractivity contribution in [2.75, 3.05) is 20.1 Å². The Labute approximate surface area is 218 Å². The Balaban J connectivity index is 1.48. The summed E-state index contributed by atoms with van der Waals surface area (Å²) in [6, 6.07) is 19.3. The van der Waals surface area contributed by atoms with Crippen molar-refractivity contribution in [1.29, 1.82) is 0 Å². The molecule has 4 rings (SSSR count). The van der Waals surface area contributed by atoms with Crippen LogP contribution < -0.4 is 5.32 Å². The lowest BCUT2D eigenvalue weighted by atomic mass is 9.90. The molecule has 194 valence electrons. The predicted octanol–water partition coefficient (Wildman–Crippen LogP) is 4.41. The number of carbonyl (C=O) groups is 1. The number of hydrogen-bond donors (Lipinski definition) is 2. The zero-order valence-corrected chi connectivity index (χ0v) is 21.4. The van der Waals surface area contributed by atoms with E-state index in [0.29, 0.717) is 12.1 Å². The molecule has 2 heterocycles. The first-order chi connectivity index (χ1) is 18.0. The van der Waals surface area contributed by atoms with E-state index in [2.05, 4.69) is 35.8 Å². The highest BCUT2D eigenvalue weighted by atomic mass is 16.7. The number of nitrogens with zero attached hydrogens (tertiary/aromatic N) is 2. The molecule has 37 heavy (non-hydrogen) atoms. The summed E-state index contributed by atoms with van der Waals surface area (Å²) in [5.41, 5.74) is 4.35. The number of likely N-dealkylation sites (N-methyl/N-ethyl adjacent to an activating group) is 1. The van der Waals surface area contributed by atoms with Crippen molar-refractivity contribution < 1.29 is 19.4 Å². The highest BCUT2D eigenvalue weighted by Crippen LogP contribution is 2.41. The van der Waals surface area contributed by atoms with Crippen molar-refractivity contribution in [3.05, 3.63) is 114 Å². The molecule has 1 aliphatic heterocycles. The molecule has 2 N–H and O–H groups in total. The molecule has 1 amide bonds. The van der Waals surface area contributed by atoms with Crippen LogP contribution in [0.3, 0.4) is 0 Å². The van der Waals surface area contributed by atoms with Crippen molar-refractivity contribution in [3.8, 4) is 0 Å². The van der Waals surface area contributed by atoms with Gasteiger partial charge in [0.15, 0.2) is 6.29 Å². The van der Waals surface area contributed by atoms with Gasteiger partial charge in [0, 0.05) is 43.5 Å². The Bertz CT molecular complexity index is 1150. The van der Waals surface area contributed by atoms with Crippen molar-refractivity contribution in [2.45, 2.75) is 38.6 Å². The summed E-state index contributed by atoms with van der Waals surface area (Å²) in [5.74, 6) is -0.0443. The van der Waals surface area contributed by atoms with Gasteiger partial charge < -0.3 is 24.8 Å². The molecule has 1 saturated heterocycles. The molecule has 7 heteroatoms. The van der Waals surface area contributed by atoms with Gasteiger partial charge >= 0.3 is 0 Å². The average Bonchev–Trinajstić information content (AvgIpc) is 2.94. The summed E-state index contributed by atoms with van der Waals surface area (Å²) in [6.07, 6.45) is 4.34. The summed E-state index contributed by atoms with van der Waals surface area (Å²) in [6.45, 7) is 7.94. The average molecular weight is 502 g/mol. The lowest BCUT2D eigenvalue weighted by molar-refractivity contribution is -0.275. The Hall–Kier alpha value is -3.36. The Kier molecular flexibility index (Phi) is 9.19. The minimum absolute atomic E-state index is 0.0110. The van der Waals surface area contributed by atoms with E-state index in [1.807, 2.05) is 54.6 Å². The van der Waals surface area contributed by atoms with Crippen LogP contribution in [0.1, 0.15) is 51.9 Å². The molecule has 1 fully saturated rings. The van der Waals surface area contributed by atoms with Crippen molar-refractivity contribution in [2.24, 2.45) is 5.92 Å². The van der Waals surface area contributed by atoms with E-state index in [1.54, 1.807) is 24.5 Å². The first-order valence-electron chi connectivity index (χ1n) is 12.6. The number of pyridine rings is 1. The van der Waals surface area contributed by atoms with Gasteiger partial charge in [-0.15, -0.1) is 6.58 Å². The molecule has 0 unspecified atom stereocenters. The standard InChI is InChI=1S/C30H35N3O4/c1-4-16-33(3)19-27-21(2)28(24-11-9-23(20-34)10-12-24)37-30(36-27)25-13-7-22(8-14-25)17-32-29(35)26-6-5-15-31-18-26/h4-15,18,21,27-28,30,34H,1,16-17,19-20H2,2-3H3,(H,32,35)/t21-,27+,28+,30+/m0/s1. The third-order valence-electron chi connectivity index (χ3n) is 6.68. The van der Waals surface area contributed by atoms with Crippen LogP contribution in [0.4, 0.5) is 0 Å². The molecular weight excluding hydrogens is 466 g/mol. The monoisotopic (exact) mass is 501 g/mol. The lowest BCUT2D eigenvalue weighted by Gasteiger charge is -2.42. The summed E-state index contributed by atoms with van der Waals surface area (Å²) < 4.78 is 13.0. The molecule has 2 aromatic carbocycles. The number of hydrogen-bond acceptors (Lipinski definition) is 6. The molecule has 4 atom stereocenters. The Morgan fingerprint density at radius 1 is 1.08 bits per heavy atom. The van der Waals surface area contributed by atoms with E-state index < -0.39 is 6.29 Å². The van der Waals surface area contributed by atoms with E-state index in [0.717, 1.165) is 35.3 Å². The third-order valence-corrected chi connectivity index (χ3v) is 6.68. The quantitative estimate of drug-likeness (QED) is 0.401. The van der Waals surface area contributed by atoms with Crippen LogP contribution in [-0.4, -0.2) is 47.1 Å². The van der Waals surface area contributed by atoms with E-state index >= 15 is 0 Å². The van der Waals surface area contributed by atoms with Gasteiger partial charge in [0.25, 0.3) is 5.91 Å². The highest BCUT2D eigenvalue weighted by molar-refractivity contribution is 5.93. The van der Waals surface area contributed by atoms with E-state index in [9.17, 15) is 9.90 Å². The first-order valence-corrected chi connectivity index (χ1v) is 12.6. The van der Waals surface area contributed by atoms with Gasteiger partial charge in [0.1, 0.15) is 0 Å². The minimum Gasteiger partial charge on any atom is -0.392 e. The second-order valence-corrected chi connectivity index (χ2v) is 9.50. The van der Waals surface area contributed by atoms with Gasteiger partial charge in [0.05, 0.1) is 24.4 Å². The molecule has 7 nitrogen and oxygen atoms in total. The second kappa shape index (κ2) is 12.7. The molecular formula is C30H35N3O4. The van der Waals surface area contributed by atoms with Crippen LogP contribution in [-0.2, 0) is 22.6 Å². The number of aliphatic hydroxyl groups excluding tert-OH is 1. The maximum absolute atomic E-state index is 12.3. The molecule has 0 bridgehead atoms. The largest absolute Gasteiger partial charge is 0.392 e. The van der Waals surface area contributed by atoms with E-state index in [4.69, 9.17) is 9.47 Å². The van der Waals surface area contributed by atoms with Crippen LogP contribution in [0, 0.1) is 5.92 Å². The van der Waals surface area contributed by atoms with E-state index in [1.165, 1.54) is 0 Å². The molecule has 1 aromatic heterocycles. The number of carbonyl (C=O) groups excluding carboxylic acids is 1. The third kappa shape index (κ3) is 6.90. The molecule has 0 spiro atoms. The molecule has 0 radical (unpaired) electrons. The molecule has 0 aliphatic carbocycles. The van der Waals surface area contributed by atoms with Crippen LogP contribution in [0.2, 0.25) is 0 Å². The maximum atomic E-state index is 12.3. The summed E-state index contributed by atoms with van der Waals surface area (Å²) in [4.78, 5) is 18.5. The number of aliphatic hydroxyl groups is 1. The number of ether oxygens (including phenoxy) is 2. The van der Waals surface area contributed by atoms with E-state index in [-0.39, 0.29) is 30.6 Å². The zero-order chi connectivity index (χ0) is 26.2. The van der Waals surface area contributed by atoms with Crippen LogP contribution in [0.25, 0.3) is 0 Å². The fourth-order valence-electron chi connectivity index (χ4n) is 4.50. The highest BCUT2D eigenvalue weighted by Gasteiger charge is 2.38. The summed E-state index contributed by atoms with van der Waals surface area (Å²) in [7, 11) is 2.06. The van der Waals surface area contributed by atoms with Crippen LogP contribution in [0.5, 0.6) is 0 Å². The van der Waals surface area contributed by atoms with Gasteiger partial charge in [-0.2, -0.15) is 0 Å². The van der Waals surface area contributed by atoms with Gasteiger partial charge in [-0.3, -0.25) is 9.78 Å². The van der Waals surface area contributed by atoms with Gasteiger partial charge in [-0.05, 0) is 35.9 Å². The molecule has 0 saturated carbocycles. The number of amides is 1. The maximum Gasteiger partial charge on any atom is 0.253 e. The fourth-order valence-corrected chi connectivity index (χ4v) is 4.50. The van der Waals surface area contributed by atoms with Gasteiger partial charge in [-0.25, -0.2) is 0 Å². The normalized spacial score (nSPS) is 21.5. The van der Waals surface area contributed by atoms with Gasteiger partial charge in [0.2, 0.25) is 0 Å². The fraction of sp³-hybridized carbons (Fsp3) is 0.333. The first kappa shape index (κ1) is 26.7. The minimum atomic E-state index is -0.528. The number of aromatic nitrogens is 1. The smallest absolute Gasteiger partial charge is 0.253 e. The summed E-state index contributed by atoms with van der Waals surface area (Å²) in [5, 5.41) is 12.4.